The van der Waals surface area contributed by atoms with Crippen molar-refractivity contribution in [1.82, 2.24) is 10.6 Å². The minimum absolute atomic E-state index is 0.00283. The van der Waals surface area contributed by atoms with Crippen LogP contribution in [-0.4, -0.2) is 39.1 Å². The normalized spacial score (nSPS) is 20.6. The van der Waals surface area contributed by atoms with Gasteiger partial charge in [0.05, 0.1) is 41.2 Å². The van der Waals surface area contributed by atoms with Crippen LogP contribution in [-0.2, 0) is 6.42 Å². The minimum Gasteiger partial charge on any atom is -0.496 e. The van der Waals surface area contributed by atoms with Crippen LogP contribution in [0.5, 0.6) is 11.5 Å². The van der Waals surface area contributed by atoms with Crippen LogP contribution in [0.1, 0.15) is 79.7 Å². The maximum absolute atomic E-state index is 12.6. The monoisotopic (exact) mass is 695 g/mol. The van der Waals surface area contributed by atoms with Crippen molar-refractivity contribution in [3.63, 3.8) is 0 Å². The molecule has 0 radical (unpaired) electrons. The number of hydrogen-bond donors (Lipinski definition) is 3. The second-order valence-corrected chi connectivity index (χ2v) is 13.2. The van der Waals surface area contributed by atoms with Gasteiger partial charge in [0.2, 0.25) is 0 Å². The summed E-state index contributed by atoms with van der Waals surface area (Å²) in [5, 5.41) is 6.28. The average molecular weight is 697 g/mol. The van der Waals surface area contributed by atoms with Gasteiger partial charge in [-0.25, -0.2) is 0 Å². The number of nitrogens with zero attached hydrogens (tertiary/aromatic N) is 2. The molecule has 0 saturated heterocycles. The van der Waals surface area contributed by atoms with Crippen molar-refractivity contribution in [1.29, 1.82) is 0 Å². The van der Waals surface area contributed by atoms with Crippen molar-refractivity contribution < 1.29 is 19.1 Å². The molecule has 4 aliphatic rings. The fourth-order valence-corrected chi connectivity index (χ4v) is 7.86. The molecule has 4 aromatic carbocycles. The molecule has 4 N–H and O–H groups in total. The Morgan fingerprint density at radius 3 is 2.06 bits per heavy atom. The van der Waals surface area contributed by atoms with Gasteiger partial charge in [-0.05, 0) is 106 Å². The molecule has 47 heavy (non-hydrogen) atoms. The molecular weight excluding hydrogens is 658 g/mol. The first kappa shape index (κ1) is 31.1. The van der Waals surface area contributed by atoms with Gasteiger partial charge in [0, 0.05) is 19.1 Å². The van der Waals surface area contributed by atoms with E-state index < -0.39 is 0 Å². The van der Waals surface area contributed by atoms with Gasteiger partial charge in [0.25, 0.3) is 11.8 Å². The van der Waals surface area contributed by atoms with Gasteiger partial charge in [0.1, 0.15) is 23.8 Å². The number of amides is 2. The molecular formula is C37H38BrN5O4. The number of aryl methyl sites for hydroxylation is 2. The van der Waals surface area contributed by atoms with Gasteiger partial charge in [0.15, 0.2) is 0 Å². The van der Waals surface area contributed by atoms with E-state index >= 15 is 0 Å². The minimum atomic E-state index is -0.178. The van der Waals surface area contributed by atoms with E-state index in [1.54, 1.807) is 14.2 Å². The molecule has 0 fully saturated rings. The first-order chi connectivity index (χ1) is 22.8. The van der Waals surface area contributed by atoms with E-state index in [2.05, 4.69) is 48.5 Å². The Labute approximate surface area is 283 Å². The van der Waals surface area contributed by atoms with E-state index in [0.717, 1.165) is 87.5 Å². The number of carbonyl (C=O) groups excluding carboxylic acids is 2. The van der Waals surface area contributed by atoms with Gasteiger partial charge < -0.3 is 35.6 Å². The SMILES string of the molecule is COc1ccc([C@@H]2NC(=O)c3cccc4c3N2CC[C@@H]4N)cc1C.COc1ccc([C@H]2NC(=O)c3cccc4c3N2CCC4)cc1Br. The molecule has 4 heterocycles. The van der Waals surface area contributed by atoms with E-state index in [4.69, 9.17) is 15.2 Å². The molecule has 0 saturated carbocycles. The third kappa shape index (κ3) is 5.49. The summed E-state index contributed by atoms with van der Waals surface area (Å²) in [6.45, 7) is 3.78. The highest BCUT2D eigenvalue weighted by Gasteiger charge is 2.38. The zero-order valence-corrected chi connectivity index (χ0v) is 28.3. The van der Waals surface area contributed by atoms with E-state index in [0.29, 0.717) is 5.56 Å². The van der Waals surface area contributed by atoms with Gasteiger partial charge in [-0.2, -0.15) is 0 Å². The van der Waals surface area contributed by atoms with Crippen LogP contribution in [0.2, 0.25) is 0 Å². The number of carbonyl (C=O) groups is 2. The van der Waals surface area contributed by atoms with Gasteiger partial charge in [-0.3, -0.25) is 9.59 Å². The number of benzene rings is 4. The van der Waals surface area contributed by atoms with Crippen LogP contribution in [0.15, 0.2) is 77.3 Å². The Kier molecular flexibility index (Phi) is 8.32. The van der Waals surface area contributed by atoms with Crippen LogP contribution >= 0.6 is 15.9 Å². The highest BCUT2D eigenvalue weighted by atomic mass is 79.9. The zero-order chi connectivity index (χ0) is 32.8. The molecule has 0 aliphatic carbocycles. The maximum Gasteiger partial charge on any atom is 0.255 e. The van der Waals surface area contributed by atoms with Gasteiger partial charge in [-0.15, -0.1) is 0 Å². The maximum atomic E-state index is 12.6. The molecule has 0 bridgehead atoms. The topological polar surface area (TPSA) is 109 Å². The predicted molar refractivity (Wildman–Crippen MR) is 186 cm³/mol. The van der Waals surface area contributed by atoms with E-state index in [-0.39, 0.29) is 30.2 Å². The number of rotatable bonds is 4. The Bertz CT molecular complexity index is 1880. The van der Waals surface area contributed by atoms with Crippen molar-refractivity contribution in [2.45, 2.75) is 44.6 Å². The van der Waals surface area contributed by atoms with Crippen LogP contribution in [0.25, 0.3) is 0 Å². The fourth-order valence-electron chi connectivity index (χ4n) is 7.30. The van der Waals surface area contributed by atoms with Crippen molar-refractivity contribution in [3.8, 4) is 11.5 Å². The Morgan fingerprint density at radius 1 is 0.787 bits per heavy atom. The number of ether oxygens (including phenoxy) is 2. The Morgan fingerprint density at radius 2 is 1.40 bits per heavy atom. The van der Waals surface area contributed by atoms with Crippen molar-refractivity contribution in [3.05, 3.63) is 116 Å². The first-order valence-electron chi connectivity index (χ1n) is 15.9. The summed E-state index contributed by atoms with van der Waals surface area (Å²) < 4.78 is 11.5. The Balaban J connectivity index is 0.000000150. The predicted octanol–water partition coefficient (Wildman–Crippen LogP) is 6.31. The second-order valence-electron chi connectivity index (χ2n) is 12.3. The number of anilines is 2. The summed E-state index contributed by atoms with van der Waals surface area (Å²) in [6.07, 6.45) is 2.69. The summed E-state index contributed by atoms with van der Waals surface area (Å²) in [4.78, 5) is 29.7. The van der Waals surface area contributed by atoms with Gasteiger partial charge >= 0.3 is 0 Å². The van der Waals surface area contributed by atoms with E-state index in [1.165, 1.54) is 5.56 Å². The number of halogens is 1. The molecule has 3 atom stereocenters. The highest BCUT2D eigenvalue weighted by Crippen LogP contribution is 2.43. The molecule has 8 rings (SSSR count). The largest absolute Gasteiger partial charge is 0.496 e. The molecule has 4 aliphatic heterocycles. The first-order valence-corrected chi connectivity index (χ1v) is 16.7. The van der Waals surface area contributed by atoms with Crippen molar-refractivity contribution in [2.75, 3.05) is 37.1 Å². The van der Waals surface area contributed by atoms with Crippen molar-refractivity contribution >= 4 is 39.1 Å². The van der Waals surface area contributed by atoms with Crippen LogP contribution in [0.3, 0.4) is 0 Å². The summed E-state index contributed by atoms with van der Waals surface area (Å²) in [5.41, 5.74) is 15.3. The summed E-state index contributed by atoms with van der Waals surface area (Å²) in [5.74, 6) is 1.59. The van der Waals surface area contributed by atoms with Crippen LogP contribution in [0, 0.1) is 6.92 Å². The summed E-state index contributed by atoms with van der Waals surface area (Å²) >= 11 is 3.53. The molecule has 0 spiro atoms. The lowest BCUT2D eigenvalue weighted by Crippen LogP contribution is -2.49. The molecule has 0 aromatic heterocycles. The summed E-state index contributed by atoms with van der Waals surface area (Å²) in [7, 11) is 3.31. The number of para-hydroxylation sites is 2. The third-order valence-corrected chi connectivity index (χ3v) is 10.2. The number of hydrogen-bond acceptors (Lipinski definition) is 7. The second kappa shape index (κ2) is 12.6. The molecule has 4 aromatic rings. The molecule has 9 nitrogen and oxygen atoms in total. The number of nitrogens with one attached hydrogen (secondary N) is 2. The fraction of sp³-hybridized carbons (Fsp3) is 0.297. The number of nitrogens with two attached hydrogens (primary N) is 1. The quantitative estimate of drug-likeness (QED) is 0.230. The lowest BCUT2D eigenvalue weighted by atomic mass is 9.90. The summed E-state index contributed by atoms with van der Waals surface area (Å²) in [6, 6.07) is 23.8. The highest BCUT2D eigenvalue weighted by molar-refractivity contribution is 9.10. The number of methoxy groups -OCH3 is 2. The van der Waals surface area contributed by atoms with E-state index in [9.17, 15) is 9.59 Å². The zero-order valence-electron chi connectivity index (χ0n) is 26.7. The average Bonchev–Trinajstić information content (AvgIpc) is 3.09. The lowest BCUT2D eigenvalue weighted by Gasteiger charge is -2.44. The molecule has 2 amide bonds. The molecule has 10 heteroatoms. The van der Waals surface area contributed by atoms with Crippen LogP contribution in [0.4, 0.5) is 11.4 Å². The molecule has 242 valence electrons. The Hall–Kier alpha value is -4.54. The standard InChI is InChI=1S/C19H21N3O2.C18H17BrN2O2/c1-11-10-12(6-7-16(11)24-2)18-21-19(23)14-5-3-4-13-15(20)8-9-22(18)17(13)14;1-23-15-8-7-12(10-14(15)19)17-20-18(22)13-6-2-4-11-5-3-9-21(17)16(11)13/h3-7,10,15,18H,8-9,20H2,1-2H3,(H,21,23);2,4,6-8,10,17H,3,5,9H2,1H3,(H,20,22)/t15-,18+;17-/m00/s1. The van der Waals surface area contributed by atoms with Crippen LogP contribution < -0.4 is 35.6 Å². The third-order valence-electron chi connectivity index (χ3n) is 9.56. The van der Waals surface area contributed by atoms with Gasteiger partial charge in [-0.1, -0.05) is 36.4 Å². The van der Waals surface area contributed by atoms with Crippen molar-refractivity contribution in [2.24, 2.45) is 5.73 Å². The van der Waals surface area contributed by atoms with E-state index in [1.807, 2.05) is 67.6 Å². The smallest absolute Gasteiger partial charge is 0.255 e. The lowest BCUT2D eigenvalue weighted by molar-refractivity contribution is 0.0917. The molecule has 0 unspecified atom stereocenters.